The molecule has 0 bridgehead atoms. The summed E-state index contributed by atoms with van der Waals surface area (Å²) in [6, 6.07) is 20.3. The summed E-state index contributed by atoms with van der Waals surface area (Å²) in [6.45, 7) is 11.0. The standard InChI is InChI=1S/C43H63N5O6/c1-6-7-22-36(41(51)47-37(24-29(2)3)39(49)26-34(20-14-23-44)40(50)45-27-30(4)5)46-42(52)38(48-43(53)54-28-31-15-9-8-10-16-31)25-33-19-13-18-32-17-11-12-21-35(32)33/h8-13,15-19,21,29-30,34,36-39,49H,6-7,14,20,22-28,44H2,1-5H3,(H,45,50)(H,46,52)(H,47,51)(H,48,53)/t34-,36+,37+,38+,39+/m1/s1. The third-order valence-corrected chi connectivity index (χ3v) is 9.46. The maximum absolute atomic E-state index is 14.1. The summed E-state index contributed by atoms with van der Waals surface area (Å²) >= 11 is 0. The molecule has 3 rings (SSSR count). The van der Waals surface area contributed by atoms with Crippen LogP contribution in [-0.4, -0.2) is 66.2 Å². The predicted molar refractivity (Wildman–Crippen MR) is 214 cm³/mol. The first-order chi connectivity index (χ1) is 25.9. The molecule has 0 aliphatic rings. The minimum absolute atomic E-state index is 0.0306. The van der Waals surface area contributed by atoms with Crippen LogP contribution in [0.4, 0.5) is 4.79 Å². The summed E-state index contributed by atoms with van der Waals surface area (Å²) < 4.78 is 5.49. The molecule has 0 aliphatic heterocycles. The highest BCUT2D eigenvalue weighted by atomic mass is 16.5. The smallest absolute Gasteiger partial charge is 0.408 e. The number of carbonyl (C=O) groups excluding carboxylic acids is 4. The minimum Gasteiger partial charge on any atom is -0.445 e. The molecule has 0 spiro atoms. The number of hydrogen-bond acceptors (Lipinski definition) is 7. The number of carbonyl (C=O) groups is 4. The van der Waals surface area contributed by atoms with Gasteiger partial charge in [-0.25, -0.2) is 4.79 Å². The van der Waals surface area contributed by atoms with Crippen LogP contribution in [0.1, 0.15) is 90.7 Å². The Morgan fingerprint density at radius 3 is 2.11 bits per heavy atom. The molecule has 0 fully saturated rings. The maximum atomic E-state index is 14.1. The highest BCUT2D eigenvalue weighted by molar-refractivity contribution is 5.92. The number of fused-ring (bicyclic) bond motifs is 1. The average Bonchev–Trinajstić information content (AvgIpc) is 3.15. The lowest BCUT2D eigenvalue weighted by Gasteiger charge is -2.30. The van der Waals surface area contributed by atoms with Gasteiger partial charge >= 0.3 is 6.09 Å². The molecule has 5 atom stereocenters. The summed E-state index contributed by atoms with van der Waals surface area (Å²) in [4.78, 5) is 54.4. The summed E-state index contributed by atoms with van der Waals surface area (Å²) in [5.41, 5.74) is 7.43. The Morgan fingerprint density at radius 1 is 0.741 bits per heavy atom. The van der Waals surface area contributed by atoms with E-state index in [4.69, 9.17) is 10.5 Å². The van der Waals surface area contributed by atoms with Crippen LogP contribution in [0, 0.1) is 17.8 Å². The fourth-order valence-corrected chi connectivity index (χ4v) is 6.48. The monoisotopic (exact) mass is 745 g/mol. The molecule has 0 aliphatic carbocycles. The second-order valence-corrected chi connectivity index (χ2v) is 15.1. The highest BCUT2D eigenvalue weighted by Crippen LogP contribution is 2.22. The second-order valence-electron chi connectivity index (χ2n) is 15.1. The van der Waals surface area contributed by atoms with Gasteiger partial charge in [0, 0.05) is 18.9 Å². The molecule has 0 heterocycles. The Balaban J connectivity index is 1.82. The van der Waals surface area contributed by atoms with E-state index in [1.165, 1.54) is 0 Å². The first kappa shape index (κ1) is 43.9. The SMILES string of the molecule is CCCC[C@H](NC(=O)[C@H](Cc1cccc2ccccc12)NC(=O)OCc1ccccc1)C(=O)N[C@@H](CC(C)C)[C@@H](O)C[C@@H](CCCN)C(=O)NCC(C)C. The van der Waals surface area contributed by atoms with E-state index in [9.17, 15) is 24.3 Å². The second kappa shape index (κ2) is 23.3. The topological polar surface area (TPSA) is 172 Å². The largest absolute Gasteiger partial charge is 0.445 e. The van der Waals surface area contributed by atoms with Crippen molar-refractivity contribution in [3.8, 4) is 0 Å². The van der Waals surface area contributed by atoms with Gasteiger partial charge in [-0.15, -0.1) is 0 Å². The molecule has 0 saturated carbocycles. The Bertz CT molecular complexity index is 1590. The molecule has 0 saturated heterocycles. The number of rotatable bonds is 23. The van der Waals surface area contributed by atoms with Gasteiger partial charge in [-0.05, 0) is 72.4 Å². The Labute approximate surface area is 321 Å². The number of nitrogens with two attached hydrogens (primary N) is 1. The molecule has 7 N–H and O–H groups in total. The van der Waals surface area contributed by atoms with Gasteiger partial charge in [0.1, 0.15) is 18.7 Å². The van der Waals surface area contributed by atoms with E-state index in [0.29, 0.717) is 45.2 Å². The van der Waals surface area contributed by atoms with E-state index in [0.717, 1.165) is 28.3 Å². The number of alkyl carbamates (subject to hydrolysis) is 1. The molecule has 0 aromatic heterocycles. The molecular formula is C43H63N5O6. The molecule has 3 aromatic rings. The van der Waals surface area contributed by atoms with E-state index in [1.54, 1.807) is 0 Å². The van der Waals surface area contributed by atoms with Crippen LogP contribution in [0.15, 0.2) is 72.8 Å². The number of amides is 4. The van der Waals surface area contributed by atoms with Crippen molar-refractivity contribution >= 4 is 34.6 Å². The van der Waals surface area contributed by atoms with Crippen LogP contribution in [0.3, 0.4) is 0 Å². The average molecular weight is 746 g/mol. The molecular weight excluding hydrogens is 683 g/mol. The van der Waals surface area contributed by atoms with Crippen molar-refractivity contribution in [3.63, 3.8) is 0 Å². The number of aliphatic hydroxyl groups excluding tert-OH is 1. The molecule has 0 unspecified atom stereocenters. The third kappa shape index (κ3) is 15.1. The lowest BCUT2D eigenvalue weighted by atomic mass is 9.89. The van der Waals surface area contributed by atoms with Crippen molar-refractivity contribution in [2.24, 2.45) is 23.5 Å². The molecule has 296 valence electrons. The van der Waals surface area contributed by atoms with E-state index >= 15 is 0 Å². The lowest BCUT2D eigenvalue weighted by Crippen LogP contribution is -2.57. The third-order valence-electron chi connectivity index (χ3n) is 9.46. The van der Waals surface area contributed by atoms with E-state index in [2.05, 4.69) is 21.3 Å². The molecule has 54 heavy (non-hydrogen) atoms. The maximum Gasteiger partial charge on any atom is 0.408 e. The Morgan fingerprint density at radius 2 is 1.43 bits per heavy atom. The predicted octanol–water partition coefficient (Wildman–Crippen LogP) is 5.76. The van der Waals surface area contributed by atoms with Crippen molar-refractivity contribution in [2.45, 2.75) is 117 Å². The fourth-order valence-electron chi connectivity index (χ4n) is 6.48. The summed E-state index contributed by atoms with van der Waals surface area (Å²) in [5, 5.41) is 25.2. The Hall–Kier alpha value is -4.48. The number of aliphatic hydroxyl groups is 1. The lowest BCUT2D eigenvalue weighted by molar-refractivity contribution is -0.131. The molecule has 3 aromatic carbocycles. The van der Waals surface area contributed by atoms with Crippen LogP contribution < -0.4 is 27.0 Å². The van der Waals surface area contributed by atoms with Crippen LogP contribution in [0.5, 0.6) is 0 Å². The van der Waals surface area contributed by atoms with Gasteiger partial charge in [0.05, 0.1) is 12.1 Å². The number of nitrogens with one attached hydrogen (secondary N) is 4. The highest BCUT2D eigenvalue weighted by Gasteiger charge is 2.32. The summed E-state index contributed by atoms with van der Waals surface area (Å²) in [7, 11) is 0. The number of benzene rings is 3. The first-order valence-corrected chi connectivity index (χ1v) is 19.6. The molecule has 0 radical (unpaired) electrons. The zero-order valence-corrected chi connectivity index (χ0v) is 32.8. The van der Waals surface area contributed by atoms with Crippen LogP contribution in [0.2, 0.25) is 0 Å². The van der Waals surface area contributed by atoms with Crippen molar-refractivity contribution in [2.75, 3.05) is 13.1 Å². The zero-order chi connectivity index (χ0) is 39.5. The summed E-state index contributed by atoms with van der Waals surface area (Å²) in [5.74, 6) is -1.15. The van der Waals surface area contributed by atoms with Gasteiger partial charge in [0.15, 0.2) is 0 Å². The van der Waals surface area contributed by atoms with Crippen molar-refractivity contribution in [1.82, 2.24) is 21.3 Å². The van der Waals surface area contributed by atoms with Crippen molar-refractivity contribution in [1.29, 1.82) is 0 Å². The van der Waals surface area contributed by atoms with Gasteiger partial charge in [-0.3, -0.25) is 14.4 Å². The quantitative estimate of drug-likeness (QED) is 0.0716. The van der Waals surface area contributed by atoms with Crippen LogP contribution >= 0.6 is 0 Å². The van der Waals surface area contributed by atoms with Crippen molar-refractivity contribution in [3.05, 3.63) is 83.9 Å². The summed E-state index contributed by atoms with van der Waals surface area (Å²) in [6.07, 6.45) is 1.99. The first-order valence-electron chi connectivity index (χ1n) is 19.6. The van der Waals surface area contributed by atoms with Crippen LogP contribution in [-0.2, 0) is 32.1 Å². The van der Waals surface area contributed by atoms with E-state index < -0.39 is 48.1 Å². The minimum atomic E-state index is -1.05. The normalized spacial score (nSPS) is 14.2. The zero-order valence-electron chi connectivity index (χ0n) is 32.8. The van der Waals surface area contributed by atoms with E-state index in [1.807, 2.05) is 107 Å². The number of ether oxygens (including phenoxy) is 1. The van der Waals surface area contributed by atoms with Gasteiger partial charge < -0.3 is 36.8 Å². The Kier molecular flexibility index (Phi) is 19.0. The van der Waals surface area contributed by atoms with Crippen LogP contribution in [0.25, 0.3) is 10.8 Å². The number of unbranched alkanes of at least 4 members (excludes halogenated alkanes) is 1. The number of hydrogen-bond donors (Lipinski definition) is 6. The molecule has 11 nitrogen and oxygen atoms in total. The van der Waals surface area contributed by atoms with Gasteiger partial charge in [-0.1, -0.05) is 120 Å². The molecule has 11 heteroatoms. The van der Waals surface area contributed by atoms with E-state index in [-0.39, 0.29) is 37.2 Å². The van der Waals surface area contributed by atoms with Gasteiger partial charge in [0.25, 0.3) is 0 Å². The van der Waals surface area contributed by atoms with Gasteiger partial charge in [-0.2, -0.15) is 0 Å². The van der Waals surface area contributed by atoms with Crippen molar-refractivity contribution < 1.29 is 29.0 Å². The van der Waals surface area contributed by atoms with Gasteiger partial charge in [0.2, 0.25) is 17.7 Å². The molecule has 4 amide bonds. The fraction of sp³-hybridized carbons (Fsp3) is 0.535.